The summed E-state index contributed by atoms with van der Waals surface area (Å²) in [7, 11) is 0. The second-order valence-corrected chi connectivity index (χ2v) is 13.9. The normalized spacial score (nSPS) is 10.8. The van der Waals surface area contributed by atoms with Crippen molar-refractivity contribution in [2.24, 2.45) is 0 Å². The van der Waals surface area contributed by atoms with Gasteiger partial charge in [-0.15, -0.1) is 0 Å². The summed E-state index contributed by atoms with van der Waals surface area (Å²) in [6.45, 7) is 0. The molecule has 0 amide bonds. The number of benzene rings is 9. The highest BCUT2D eigenvalue weighted by Crippen LogP contribution is 2.40. The van der Waals surface area contributed by atoms with E-state index in [2.05, 4.69) is 263 Å². The van der Waals surface area contributed by atoms with Crippen LogP contribution >= 0.6 is 0 Å². The standard InChI is InChI=1S/C54H41N3/c1-6-20-46(21-7-1)55(47-22-8-2-9-23-47)51-36-32-42(33-37-51)44-18-16-30-53(40-44)57(50-28-14-5-15-29-50)54-31-17-19-45(41-54)43-34-38-52(39-35-43)56(48-24-10-3-11-25-48)49-26-12-4-13-27-49/h1-41H. The number of hydrogen-bond acceptors (Lipinski definition) is 3. The van der Waals surface area contributed by atoms with Crippen LogP contribution in [-0.4, -0.2) is 0 Å². The molecular formula is C54H41N3. The minimum absolute atomic E-state index is 1.09. The van der Waals surface area contributed by atoms with Crippen molar-refractivity contribution in [3.63, 3.8) is 0 Å². The zero-order chi connectivity index (χ0) is 38.2. The second-order valence-electron chi connectivity index (χ2n) is 13.9. The van der Waals surface area contributed by atoms with Gasteiger partial charge in [0.05, 0.1) is 0 Å². The Kier molecular flexibility index (Phi) is 10.1. The molecule has 0 aliphatic rings. The SMILES string of the molecule is c1ccc(N(c2ccccc2)c2ccc(-c3cccc(N(c4ccccc4)c4cccc(-c5ccc(N(c6ccccc6)c6ccccc6)cc5)c4)c3)cc2)cc1. The average molecular weight is 732 g/mol. The van der Waals surface area contributed by atoms with Crippen LogP contribution in [0.2, 0.25) is 0 Å². The number of nitrogens with zero attached hydrogens (tertiary/aromatic N) is 3. The van der Waals surface area contributed by atoms with Crippen molar-refractivity contribution in [1.82, 2.24) is 0 Å². The predicted octanol–water partition coefficient (Wildman–Crippen LogP) is 15.4. The molecule has 0 atom stereocenters. The average Bonchev–Trinajstić information content (AvgIpc) is 3.29. The molecule has 0 bridgehead atoms. The topological polar surface area (TPSA) is 9.72 Å². The van der Waals surface area contributed by atoms with Crippen molar-refractivity contribution in [3.05, 3.63) is 249 Å². The third-order valence-corrected chi connectivity index (χ3v) is 10.2. The third kappa shape index (κ3) is 7.68. The first-order valence-corrected chi connectivity index (χ1v) is 19.4. The Morgan fingerprint density at radius 2 is 0.386 bits per heavy atom. The first-order valence-electron chi connectivity index (χ1n) is 19.4. The summed E-state index contributed by atoms with van der Waals surface area (Å²) in [5, 5.41) is 0. The van der Waals surface area contributed by atoms with E-state index in [0.717, 1.165) is 73.4 Å². The Bertz CT molecular complexity index is 2400. The molecule has 3 heteroatoms. The van der Waals surface area contributed by atoms with Gasteiger partial charge in [0.25, 0.3) is 0 Å². The van der Waals surface area contributed by atoms with Gasteiger partial charge in [0, 0.05) is 51.2 Å². The highest BCUT2D eigenvalue weighted by atomic mass is 15.2. The molecule has 0 spiro atoms. The summed E-state index contributed by atoms with van der Waals surface area (Å²) in [5.41, 5.74) is 14.6. The fourth-order valence-electron chi connectivity index (χ4n) is 7.48. The molecule has 0 N–H and O–H groups in total. The molecule has 9 aromatic carbocycles. The van der Waals surface area contributed by atoms with Crippen LogP contribution in [0.15, 0.2) is 249 Å². The lowest BCUT2D eigenvalue weighted by atomic mass is 10.0. The number of rotatable bonds is 11. The van der Waals surface area contributed by atoms with Crippen LogP contribution in [0, 0.1) is 0 Å². The van der Waals surface area contributed by atoms with E-state index in [-0.39, 0.29) is 0 Å². The van der Waals surface area contributed by atoms with E-state index >= 15 is 0 Å². The maximum absolute atomic E-state index is 2.34. The Labute approximate surface area is 335 Å². The summed E-state index contributed by atoms with van der Waals surface area (Å²) < 4.78 is 0. The monoisotopic (exact) mass is 731 g/mol. The Balaban J connectivity index is 1.04. The van der Waals surface area contributed by atoms with Gasteiger partial charge in [-0.05, 0) is 131 Å². The summed E-state index contributed by atoms with van der Waals surface area (Å²) in [6.07, 6.45) is 0. The maximum atomic E-state index is 2.34. The van der Waals surface area contributed by atoms with Gasteiger partial charge in [-0.2, -0.15) is 0 Å². The molecule has 0 saturated heterocycles. The smallest absolute Gasteiger partial charge is 0.0467 e. The van der Waals surface area contributed by atoms with E-state index < -0.39 is 0 Å². The van der Waals surface area contributed by atoms with Gasteiger partial charge < -0.3 is 14.7 Å². The molecule has 57 heavy (non-hydrogen) atoms. The molecule has 0 radical (unpaired) electrons. The van der Waals surface area contributed by atoms with Gasteiger partial charge in [0.2, 0.25) is 0 Å². The van der Waals surface area contributed by atoms with Gasteiger partial charge in [0.1, 0.15) is 0 Å². The van der Waals surface area contributed by atoms with Crippen LogP contribution in [0.5, 0.6) is 0 Å². The van der Waals surface area contributed by atoms with Gasteiger partial charge in [-0.1, -0.05) is 140 Å². The highest BCUT2D eigenvalue weighted by molar-refractivity contribution is 5.84. The first kappa shape index (κ1) is 35.1. The highest BCUT2D eigenvalue weighted by Gasteiger charge is 2.17. The molecule has 9 rings (SSSR count). The minimum atomic E-state index is 1.09. The van der Waals surface area contributed by atoms with Crippen LogP contribution in [0.25, 0.3) is 22.3 Å². The van der Waals surface area contributed by atoms with E-state index in [9.17, 15) is 0 Å². The van der Waals surface area contributed by atoms with Crippen molar-refractivity contribution < 1.29 is 0 Å². The van der Waals surface area contributed by atoms with Gasteiger partial charge >= 0.3 is 0 Å². The minimum Gasteiger partial charge on any atom is -0.311 e. The van der Waals surface area contributed by atoms with Crippen LogP contribution in [-0.2, 0) is 0 Å². The fraction of sp³-hybridized carbons (Fsp3) is 0. The summed E-state index contributed by atoms with van der Waals surface area (Å²) >= 11 is 0. The quantitative estimate of drug-likeness (QED) is 0.131. The Morgan fingerprint density at radius 1 is 0.158 bits per heavy atom. The van der Waals surface area contributed by atoms with Gasteiger partial charge in [-0.25, -0.2) is 0 Å². The van der Waals surface area contributed by atoms with Gasteiger partial charge in [0.15, 0.2) is 0 Å². The predicted molar refractivity (Wildman–Crippen MR) is 241 cm³/mol. The molecule has 0 unspecified atom stereocenters. The lowest BCUT2D eigenvalue weighted by Crippen LogP contribution is -2.10. The lowest BCUT2D eigenvalue weighted by molar-refractivity contribution is 1.28. The maximum Gasteiger partial charge on any atom is 0.0467 e. The van der Waals surface area contributed by atoms with E-state index in [1.54, 1.807) is 0 Å². The summed E-state index contributed by atoms with van der Waals surface area (Å²) in [6, 6.07) is 88.1. The molecule has 272 valence electrons. The number of hydrogen-bond donors (Lipinski definition) is 0. The van der Waals surface area contributed by atoms with Gasteiger partial charge in [-0.3, -0.25) is 0 Å². The zero-order valence-electron chi connectivity index (χ0n) is 31.5. The van der Waals surface area contributed by atoms with E-state index in [0.29, 0.717) is 0 Å². The van der Waals surface area contributed by atoms with Crippen molar-refractivity contribution >= 4 is 51.2 Å². The van der Waals surface area contributed by atoms with Crippen LogP contribution in [0.4, 0.5) is 51.2 Å². The van der Waals surface area contributed by atoms with Crippen LogP contribution in [0.3, 0.4) is 0 Å². The number of para-hydroxylation sites is 5. The molecule has 0 heterocycles. The molecule has 9 aromatic rings. The van der Waals surface area contributed by atoms with E-state index in [1.165, 1.54) is 0 Å². The largest absolute Gasteiger partial charge is 0.311 e. The molecule has 3 nitrogen and oxygen atoms in total. The summed E-state index contributed by atoms with van der Waals surface area (Å²) in [5.74, 6) is 0. The third-order valence-electron chi connectivity index (χ3n) is 10.2. The number of anilines is 9. The molecule has 0 aliphatic carbocycles. The lowest BCUT2D eigenvalue weighted by Gasteiger charge is -2.27. The van der Waals surface area contributed by atoms with E-state index in [1.807, 2.05) is 0 Å². The van der Waals surface area contributed by atoms with Crippen molar-refractivity contribution in [3.8, 4) is 22.3 Å². The van der Waals surface area contributed by atoms with Crippen molar-refractivity contribution in [1.29, 1.82) is 0 Å². The first-order chi connectivity index (χ1) is 28.3. The molecule has 0 aliphatic heterocycles. The van der Waals surface area contributed by atoms with Crippen LogP contribution in [0.1, 0.15) is 0 Å². The fourth-order valence-corrected chi connectivity index (χ4v) is 7.48. The van der Waals surface area contributed by atoms with Crippen molar-refractivity contribution in [2.45, 2.75) is 0 Å². The van der Waals surface area contributed by atoms with E-state index in [4.69, 9.17) is 0 Å². The molecule has 0 aromatic heterocycles. The van der Waals surface area contributed by atoms with Crippen LogP contribution < -0.4 is 14.7 Å². The molecule has 0 saturated carbocycles. The Morgan fingerprint density at radius 3 is 0.667 bits per heavy atom. The van der Waals surface area contributed by atoms with Crippen molar-refractivity contribution in [2.75, 3.05) is 14.7 Å². The molecular weight excluding hydrogens is 691 g/mol. The second kappa shape index (κ2) is 16.4. The molecule has 0 fully saturated rings. The summed E-state index contributed by atoms with van der Waals surface area (Å²) in [4.78, 5) is 6.93. The Hall–Kier alpha value is -7.62. The zero-order valence-corrected chi connectivity index (χ0v) is 31.5.